The molecule has 0 bridgehead atoms. The van der Waals surface area contributed by atoms with Crippen molar-refractivity contribution in [3.05, 3.63) is 48.9 Å². The second-order valence-electron chi connectivity index (χ2n) is 6.87. The second-order valence-corrected chi connectivity index (χ2v) is 6.87. The Labute approximate surface area is 164 Å². The van der Waals surface area contributed by atoms with Gasteiger partial charge in [0.2, 0.25) is 5.84 Å². The van der Waals surface area contributed by atoms with Crippen LogP contribution in [0, 0.1) is 25.7 Å². The number of hydrogen-bond donors (Lipinski definition) is 0. The molecular formula is C16H21FN6O6. The van der Waals surface area contributed by atoms with Crippen LogP contribution in [0.2, 0.25) is 0 Å². The fraction of sp³-hybridized carbons (Fsp3) is 0.625. The van der Waals surface area contributed by atoms with E-state index in [0.29, 0.717) is 31.9 Å². The Morgan fingerprint density at radius 2 is 2.03 bits per heavy atom. The second kappa shape index (κ2) is 8.41. The van der Waals surface area contributed by atoms with Crippen molar-refractivity contribution < 1.29 is 28.3 Å². The maximum absolute atomic E-state index is 12.2. The first-order valence-electron chi connectivity index (χ1n) is 9.25. The first-order valence-corrected chi connectivity index (χ1v) is 9.25. The van der Waals surface area contributed by atoms with E-state index >= 15 is 0 Å². The Morgan fingerprint density at radius 3 is 2.69 bits per heavy atom. The van der Waals surface area contributed by atoms with Crippen LogP contribution < -0.4 is 4.90 Å². The summed E-state index contributed by atoms with van der Waals surface area (Å²) in [6.07, 6.45) is 3.87. The summed E-state index contributed by atoms with van der Waals surface area (Å²) < 4.78 is 18.7. The van der Waals surface area contributed by atoms with Gasteiger partial charge in [0.25, 0.3) is 17.4 Å². The van der Waals surface area contributed by atoms with Gasteiger partial charge in [0.1, 0.15) is 13.1 Å². The minimum absolute atomic E-state index is 0.00704. The summed E-state index contributed by atoms with van der Waals surface area (Å²) in [6, 6.07) is -1.15. The van der Waals surface area contributed by atoms with Gasteiger partial charge in [-0.2, -0.15) is 4.90 Å². The topological polar surface area (TPSA) is 151 Å². The standard InChI is InChI=1S/C16H21FN6O6/c1-11-19(7-5-3-2-4-6-17)8-9-20(11)15-13(22(26)27)10-12(21(24)25)14-16(15)23(28)29-18-14/h10,15H,2-9H2,1H3. The zero-order chi connectivity index (χ0) is 21.1. The molecule has 158 valence electrons. The third-order valence-corrected chi connectivity index (χ3v) is 5.23. The van der Waals surface area contributed by atoms with Gasteiger partial charge in [-0.25, -0.2) is 4.90 Å². The highest BCUT2D eigenvalue weighted by molar-refractivity contribution is 6.06. The van der Waals surface area contributed by atoms with Crippen LogP contribution in [0.3, 0.4) is 0 Å². The molecule has 0 spiro atoms. The van der Waals surface area contributed by atoms with Crippen LogP contribution in [0.1, 0.15) is 50.0 Å². The lowest BCUT2D eigenvalue weighted by Crippen LogP contribution is -2.44. The monoisotopic (exact) mass is 412 g/mol. The molecule has 0 aromatic carbocycles. The number of halogens is 1. The zero-order valence-electron chi connectivity index (χ0n) is 15.8. The molecule has 1 aliphatic carbocycles. The molecule has 0 fully saturated rings. The van der Waals surface area contributed by atoms with Gasteiger partial charge in [0.05, 0.1) is 29.4 Å². The summed E-state index contributed by atoms with van der Waals surface area (Å²) in [5.74, 6) is 0.713. The van der Waals surface area contributed by atoms with Crippen LogP contribution in [0.25, 0.3) is 0 Å². The summed E-state index contributed by atoms with van der Waals surface area (Å²) in [4.78, 5) is 11.8. The minimum Gasteiger partial charge on any atom is -0.612 e. The molecule has 1 aromatic heterocycles. The predicted molar refractivity (Wildman–Crippen MR) is 96.2 cm³/mol. The molecule has 1 unspecified atom stereocenters. The molecular weight excluding hydrogens is 391 g/mol. The molecule has 0 saturated carbocycles. The van der Waals surface area contributed by atoms with Crippen molar-refractivity contribution in [1.82, 2.24) is 10.1 Å². The summed E-state index contributed by atoms with van der Waals surface area (Å²) in [5.41, 5.74) is -1.71. The number of rotatable bonds is 8. The van der Waals surface area contributed by atoms with Crippen LogP contribution in [0.4, 0.5) is 4.39 Å². The minimum atomic E-state index is -1.15. The molecule has 2 heterocycles. The molecule has 0 amide bonds. The molecule has 1 aromatic rings. The molecule has 2 aliphatic rings. The number of allylic oxidation sites excluding steroid dienone is 1. The summed E-state index contributed by atoms with van der Waals surface area (Å²) in [6.45, 7) is 3.12. The summed E-state index contributed by atoms with van der Waals surface area (Å²) in [5, 5.41) is 49.8. The molecule has 0 N–H and O–H groups in total. The average molecular weight is 412 g/mol. The highest BCUT2D eigenvalue weighted by Gasteiger charge is 2.54. The lowest BCUT2D eigenvalue weighted by Gasteiger charge is -2.21. The van der Waals surface area contributed by atoms with Crippen LogP contribution in [-0.2, 0) is 0 Å². The molecule has 12 nitrogen and oxygen atoms in total. The lowest BCUT2D eigenvalue weighted by molar-refractivity contribution is -0.809. The Bertz CT molecular complexity index is 890. The normalized spacial score (nSPS) is 18.8. The molecule has 29 heavy (non-hydrogen) atoms. The van der Waals surface area contributed by atoms with Gasteiger partial charge in [-0.05, 0) is 24.2 Å². The number of nitro groups is 1. The maximum Gasteiger partial charge on any atom is 0.322 e. The number of fused-ring (bicyclic) bond motifs is 1. The largest absolute Gasteiger partial charge is 0.612 e. The Kier molecular flexibility index (Phi) is 5.94. The third kappa shape index (κ3) is 3.84. The number of alkyl halides is 1. The van der Waals surface area contributed by atoms with E-state index in [4.69, 9.17) is 0 Å². The van der Waals surface area contributed by atoms with E-state index in [-0.39, 0.29) is 23.0 Å². The first-order chi connectivity index (χ1) is 13.9. The summed E-state index contributed by atoms with van der Waals surface area (Å²) >= 11 is 0. The van der Waals surface area contributed by atoms with Crippen molar-refractivity contribution >= 4 is 11.5 Å². The Hall–Kier alpha value is -3.25. The Balaban J connectivity index is 1.92. The van der Waals surface area contributed by atoms with Crippen molar-refractivity contribution in [2.45, 2.75) is 38.6 Å². The molecule has 1 aliphatic heterocycles. The molecule has 0 radical (unpaired) electrons. The van der Waals surface area contributed by atoms with Crippen LogP contribution in [-0.4, -0.2) is 62.3 Å². The van der Waals surface area contributed by atoms with Crippen LogP contribution >= 0.6 is 0 Å². The summed E-state index contributed by atoms with van der Waals surface area (Å²) in [7, 11) is 0. The number of unbranched alkanes of at least 4 members (excludes halogenated alkanes) is 3. The first kappa shape index (κ1) is 20.5. The quantitative estimate of drug-likeness (QED) is 0.198. The van der Waals surface area contributed by atoms with E-state index in [1.54, 1.807) is 11.8 Å². The lowest BCUT2D eigenvalue weighted by atomic mass is 9.97. The maximum atomic E-state index is 12.2. The van der Waals surface area contributed by atoms with Crippen molar-refractivity contribution in [2.24, 2.45) is 0 Å². The van der Waals surface area contributed by atoms with E-state index in [1.165, 1.54) is 0 Å². The smallest absolute Gasteiger partial charge is 0.322 e. The average Bonchev–Trinajstić information content (AvgIpc) is 3.23. The van der Waals surface area contributed by atoms with Crippen molar-refractivity contribution in [3.63, 3.8) is 0 Å². The number of hydrogen-bond acceptors (Lipinski definition) is 8. The molecule has 0 saturated heterocycles. The number of nitrogens with zero attached hydrogens (tertiary/aromatic N) is 6. The van der Waals surface area contributed by atoms with Crippen LogP contribution in [0.15, 0.2) is 16.4 Å². The molecule has 3 rings (SSSR count). The van der Waals surface area contributed by atoms with Gasteiger partial charge in [-0.15, -0.1) is 0 Å². The number of amidine groups is 1. The fourth-order valence-corrected chi connectivity index (χ4v) is 3.76. The number of aromatic nitrogens is 2. The Morgan fingerprint density at radius 1 is 1.31 bits per heavy atom. The van der Waals surface area contributed by atoms with E-state index in [0.717, 1.165) is 25.3 Å². The van der Waals surface area contributed by atoms with Gasteiger partial charge < -0.3 is 15.6 Å². The van der Waals surface area contributed by atoms with Crippen molar-refractivity contribution in [1.29, 1.82) is 0 Å². The van der Waals surface area contributed by atoms with E-state index in [2.05, 4.69) is 9.79 Å². The van der Waals surface area contributed by atoms with Crippen molar-refractivity contribution in [3.8, 4) is 0 Å². The zero-order valence-corrected chi connectivity index (χ0v) is 15.8. The molecule has 13 heteroatoms. The SMILES string of the molecule is CC1=[N+](CCCCCCF)CCN1C1C([N+](=O)[O-])=CC(=[N+]([O-])[O-])c2no[n+]([O-])c21. The van der Waals surface area contributed by atoms with Gasteiger partial charge in [0.15, 0.2) is 0 Å². The van der Waals surface area contributed by atoms with Crippen molar-refractivity contribution in [2.75, 3.05) is 26.3 Å². The highest BCUT2D eigenvalue weighted by atomic mass is 19.1. The van der Waals surface area contributed by atoms with Crippen LogP contribution in [0.5, 0.6) is 0 Å². The van der Waals surface area contributed by atoms with E-state index < -0.39 is 27.3 Å². The van der Waals surface area contributed by atoms with Gasteiger partial charge in [0, 0.05) is 6.92 Å². The van der Waals surface area contributed by atoms with E-state index in [1.807, 2.05) is 4.58 Å². The fourth-order valence-electron chi connectivity index (χ4n) is 3.76. The van der Waals surface area contributed by atoms with E-state index in [9.17, 15) is 30.1 Å². The highest BCUT2D eigenvalue weighted by Crippen LogP contribution is 2.34. The van der Waals surface area contributed by atoms with Gasteiger partial charge >= 0.3 is 11.4 Å². The van der Waals surface area contributed by atoms with Gasteiger partial charge in [-0.3, -0.25) is 23.7 Å². The van der Waals surface area contributed by atoms with Gasteiger partial charge in [-0.1, -0.05) is 6.42 Å². The molecule has 1 atom stereocenters. The predicted octanol–water partition coefficient (Wildman–Crippen LogP) is 0.597. The third-order valence-electron chi connectivity index (χ3n) is 5.23.